The molecule has 4 nitrogen and oxygen atoms in total. The summed E-state index contributed by atoms with van der Waals surface area (Å²) in [6, 6.07) is 5.39. The second-order valence-corrected chi connectivity index (χ2v) is 4.90. The summed E-state index contributed by atoms with van der Waals surface area (Å²) in [6.45, 7) is 4.49. The van der Waals surface area contributed by atoms with Gasteiger partial charge in [0.15, 0.2) is 0 Å². The van der Waals surface area contributed by atoms with Gasteiger partial charge in [0.1, 0.15) is 18.5 Å². The van der Waals surface area contributed by atoms with E-state index in [0.29, 0.717) is 17.9 Å². The Morgan fingerprint density at radius 2 is 2.00 bits per heavy atom. The van der Waals surface area contributed by atoms with E-state index >= 15 is 0 Å². The number of hydrogen-bond acceptors (Lipinski definition) is 4. The zero-order valence-electron chi connectivity index (χ0n) is 10.6. The molecule has 0 aromatic heterocycles. The number of benzene rings is 1. The second-order valence-electron chi connectivity index (χ2n) is 3.98. The maximum absolute atomic E-state index is 9.65. The molecule has 18 heavy (non-hydrogen) atoms. The number of rotatable bonds is 7. The lowest BCUT2D eigenvalue weighted by molar-refractivity contribution is 0.0158. The summed E-state index contributed by atoms with van der Waals surface area (Å²) in [5, 5.41) is 19.3. The van der Waals surface area contributed by atoms with Gasteiger partial charge in [-0.05, 0) is 32.0 Å². The van der Waals surface area contributed by atoms with Gasteiger partial charge in [0, 0.05) is 16.6 Å². The zero-order chi connectivity index (χ0) is 13.5. The van der Waals surface area contributed by atoms with Crippen molar-refractivity contribution in [1.82, 2.24) is 0 Å². The maximum atomic E-state index is 9.65. The van der Waals surface area contributed by atoms with Crippen LogP contribution in [0.1, 0.15) is 25.5 Å². The van der Waals surface area contributed by atoms with E-state index < -0.39 is 12.2 Å². The first kappa shape index (κ1) is 15.4. The first-order valence-electron chi connectivity index (χ1n) is 5.90. The first-order chi connectivity index (χ1) is 8.54. The van der Waals surface area contributed by atoms with E-state index in [4.69, 9.17) is 9.47 Å². The Bertz CT molecular complexity index is 368. The SMILES string of the molecule is CCOCC(O)COc1ccc(Br)cc1[C@H](C)O. The molecular weight excluding hydrogens is 300 g/mol. The lowest BCUT2D eigenvalue weighted by Crippen LogP contribution is -2.23. The van der Waals surface area contributed by atoms with E-state index in [0.717, 1.165) is 4.47 Å². The minimum absolute atomic E-state index is 0.140. The molecule has 0 fully saturated rings. The number of aliphatic hydroxyl groups is 2. The standard InChI is InChI=1S/C13H19BrO4/c1-3-17-7-11(16)8-18-13-5-4-10(14)6-12(13)9(2)15/h4-6,9,11,15-16H,3,7-8H2,1-2H3/t9-,11?/m0/s1. The van der Waals surface area contributed by atoms with Gasteiger partial charge >= 0.3 is 0 Å². The highest BCUT2D eigenvalue weighted by Gasteiger charge is 2.12. The molecule has 0 amide bonds. The molecule has 102 valence electrons. The Morgan fingerprint density at radius 1 is 1.28 bits per heavy atom. The summed E-state index contributed by atoms with van der Waals surface area (Å²) < 4.78 is 11.5. The van der Waals surface area contributed by atoms with Crippen LogP contribution in [0.25, 0.3) is 0 Å². The molecule has 0 aliphatic heterocycles. The average molecular weight is 319 g/mol. The Morgan fingerprint density at radius 3 is 2.61 bits per heavy atom. The molecule has 0 saturated heterocycles. The van der Waals surface area contributed by atoms with Crippen LogP contribution >= 0.6 is 15.9 Å². The minimum Gasteiger partial charge on any atom is -0.490 e. The monoisotopic (exact) mass is 318 g/mol. The van der Waals surface area contributed by atoms with Crippen molar-refractivity contribution in [2.75, 3.05) is 19.8 Å². The average Bonchev–Trinajstić information content (AvgIpc) is 2.34. The molecule has 0 aliphatic rings. The maximum Gasteiger partial charge on any atom is 0.125 e. The molecule has 1 unspecified atom stereocenters. The molecule has 0 aliphatic carbocycles. The third-order valence-corrected chi connectivity index (χ3v) is 2.86. The molecule has 0 spiro atoms. The predicted molar refractivity (Wildman–Crippen MR) is 72.8 cm³/mol. The van der Waals surface area contributed by atoms with Crippen LogP contribution in [0.15, 0.2) is 22.7 Å². The van der Waals surface area contributed by atoms with Crippen molar-refractivity contribution < 1.29 is 19.7 Å². The van der Waals surface area contributed by atoms with Gasteiger partial charge in [-0.25, -0.2) is 0 Å². The Hall–Kier alpha value is -0.620. The summed E-state index contributed by atoms with van der Waals surface area (Å²) in [5.74, 6) is 0.573. The number of halogens is 1. The van der Waals surface area contributed by atoms with E-state index in [9.17, 15) is 10.2 Å². The normalized spacial score (nSPS) is 14.3. The molecular formula is C13H19BrO4. The van der Waals surface area contributed by atoms with E-state index in [-0.39, 0.29) is 13.2 Å². The van der Waals surface area contributed by atoms with Crippen molar-refractivity contribution in [3.63, 3.8) is 0 Å². The molecule has 0 radical (unpaired) electrons. The van der Waals surface area contributed by atoms with Gasteiger partial charge in [0.25, 0.3) is 0 Å². The first-order valence-corrected chi connectivity index (χ1v) is 6.70. The van der Waals surface area contributed by atoms with Gasteiger partial charge in [-0.3, -0.25) is 0 Å². The highest BCUT2D eigenvalue weighted by atomic mass is 79.9. The number of ether oxygens (including phenoxy) is 2. The fourth-order valence-corrected chi connectivity index (χ4v) is 1.84. The summed E-state index contributed by atoms with van der Waals surface area (Å²) >= 11 is 3.34. The largest absolute Gasteiger partial charge is 0.490 e. The molecule has 0 heterocycles. The molecule has 2 atom stereocenters. The topological polar surface area (TPSA) is 58.9 Å². The third-order valence-electron chi connectivity index (χ3n) is 2.37. The van der Waals surface area contributed by atoms with Gasteiger partial charge in [-0.2, -0.15) is 0 Å². The lowest BCUT2D eigenvalue weighted by atomic mass is 10.1. The Balaban J connectivity index is 2.61. The van der Waals surface area contributed by atoms with Crippen molar-refractivity contribution in [2.24, 2.45) is 0 Å². The van der Waals surface area contributed by atoms with Crippen LogP contribution in [0.2, 0.25) is 0 Å². The van der Waals surface area contributed by atoms with Crippen LogP contribution in [0, 0.1) is 0 Å². The summed E-state index contributed by atoms with van der Waals surface area (Å²) in [5.41, 5.74) is 0.688. The van der Waals surface area contributed by atoms with Gasteiger partial charge < -0.3 is 19.7 Å². The van der Waals surface area contributed by atoms with E-state index in [1.165, 1.54) is 0 Å². The fourth-order valence-electron chi connectivity index (χ4n) is 1.47. The Labute approximate surface area is 116 Å². The van der Waals surface area contributed by atoms with E-state index in [2.05, 4.69) is 15.9 Å². The fraction of sp³-hybridized carbons (Fsp3) is 0.538. The van der Waals surface area contributed by atoms with Crippen molar-refractivity contribution in [3.8, 4) is 5.75 Å². The molecule has 0 saturated carbocycles. The molecule has 1 aromatic rings. The van der Waals surface area contributed by atoms with Crippen LogP contribution < -0.4 is 4.74 Å². The van der Waals surface area contributed by atoms with Crippen LogP contribution in [-0.2, 0) is 4.74 Å². The van der Waals surface area contributed by atoms with Crippen LogP contribution in [0.4, 0.5) is 0 Å². The van der Waals surface area contributed by atoms with Gasteiger partial charge in [0.05, 0.1) is 12.7 Å². The Kier molecular flexibility index (Phi) is 6.63. The smallest absolute Gasteiger partial charge is 0.125 e. The van der Waals surface area contributed by atoms with Gasteiger partial charge in [-0.15, -0.1) is 0 Å². The second kappa shape index (κ2) is 7.74. The predicted octanol–water partition coefficient (Wildman–Crippen LogP) is 2.28. The van der Waals surface area contributed by atoms with Crippen LogP contribution in [-0.4, -0.2) is 36.1 Å². The van der Waals surface area contributed by atoms with Gasteiger partial charge in [-0.1, -0.05) is 15.9 Å². The molecule has 1 rings (SSSR count). The molecule has 5 heteroatoms. The van der Waals surface area contributed by atoms with Gasteiger partial charge in [0.2, 0.25) is 0 Å². The summed E-state index contributed by atoms with van der Waals surface area (Å²) in [7, 11) is 0. The van der Waals surface area contributed by atoms with Crippen molar-refractivity contribution in [3.05, 3.63) is 28.2 Å². The minimum atomic E-state index is -0.671. The van der Waals surface area contributed by atoms with E-state index in [1.807, 2.05) is 13.0 Å². The van der Waals surface area contributed by atoms with Crippen LogP contribution in [0.5, 0.6) is 5.75 Å². The number of aliphatic hydroxyl groups excluding tert-OH is 2. The van der Waals surface area contributed by atoms with E-state index in [1.54, 1.807) is 19.1 Å². The van der Waals surface area contributed by atoms with Crippen molar-refractivity contribution >= 4 is 15.9 Å². The molecule has 2 N–H and O–H groups in total. The third kappa shape index (κ3) is 4.94. The van der Waals surface area contributed by atoms with Crippen molar-refractivity contribution in [1.29, 1.82) is 0 Å². The quantitative estimate of drug-likeness (QED) is 0.809. The summed E-state index contributed by atoms with van der Waals surface area (Å²) in [4.78, 5) is 0. The highest BCUT2D eigenvalue weighted by molar-refractivity contribution is 9.10. The number of hydrogen-bond donors (Lipinski definition) is 2. The van der Waals surface area contributed by atoms with Crippen LogP contribution in [0.3, 0.4) is 0 Å². The zero-order valence-corrected chi connectivity index (χ0v) is 12.2. The molecule has 0 bridgehead atoms. The molecule has 1 aromatic carbocycles. The highest BCUT2D eigenvalue weighted by Crippen LogP contribution is 2.28. The van der Waals surface area contributed by atoms with Crippen molar-refractivity contribution in [2.45, 2.75) is 26.1 Å². The summed E-state index contributed by atoms with van der Waals surface area (Å²) in [6.07, 6.45) is -1.29. The lowest BCUT2D eigenvalue weighted by Gasteiger charge is -2.16.